The molecule has 134 valence electrons. The van der Waals surface area contributed by atoms with E-state index in [1.54, 1.807) is 12.1 Å². The predicted octanol–water partition coefficient (Wildman–Crippen LogP) is 1.51. The van der Waals surface area contributed by atoms with Gasteiger partial charge in [0.15, 0.2) is 0 Å². The van der Waals surface area contributed by atoms with Crippen LogP contribution in [0.1, 0.15) is 22.8 Å². The third-order valence-corrected chi connectivity index (χ3v) is 3.79. The van der Waals surface area contributed by atoms with Gasteiger partial charge in [-0.3, -0.25) is 0 Å². The van der Waals surface area contributed by atoms with Gasteiger partial charge in [0.25, 0.3) is 0 Å². The molecule has 0 radical (unpaired) electrons. The molecule has 0 aromatic heterocycles. The Hall–Kier alpha value is -2.41. The van der Waals surface area contributed by atoms with E-state index in [1.165, 1.54) is 0 Å². The van der Waals surface area contributed by atoms with Crippen molar-refractivity contribution in [2.45, 2.75) is 25.2 Å². The second kappa shape index (κ2) is 9.78. The van der Waals surface area contributed by atoms with Gasteiger partial charge in [-0.1, -0.05) is 54.6 Å². The minimum atomic E-state index is -1.13. The van der Waals surface area contributed by atoms with E-state index in [0.29, 0.717) is 12.1 Å². The van der Waals surface area contributed by atoms with Crippen LogP contribution in [0.15, 0.2) is 54.6 Å². The Kier molecular flexibility index (Phi) is 7.40. The number of alkyl carbamates (subject to hydrolysis) is 1. The lowest BCUT2D eigenvalue weighted by molar-refractivity contribution is 0.0184. The molecule has 0 fully saturated rings. The minimum Gasteiger partial charge on any atom is -0.445 e. The van der Waals surface area contributed by atoms with E-state index in [9.17, 15) is 15.0 Å². The molecule has 0 saturated heterocycles. The van der Waals surface area contributed by atoms with Crippen molar-refractivity contribution in [2.75, 3.05) is 13.1 Å². The van der Waals surface area contributed by atoms with E-state index in [0.717, 1.165) is 17.5 Å². The number of hydrogen-bond donors (Lipinski definition) is 4. The Morgan fingerprint density at radius 2 is 1.72 bits per heavy atom. The summed E-state index contributed by atoms with van der Waals surface area (Å²) < 4.78 is 5.05. The topological polar surface area (TPSA) is 105 Å². The Morgan fingerprint density at radius 1 is 1.04 bits per heavy atom. The van der Waals surface area contributed by atoms with Crippen LogP contribution < -0.4 is 11.1 Å². The SMILES string of the molecule is NCCc1ccc(C(O)C(O)CNC(=O)OCc2ccccc2)cc1. The Balaban J connectivity index is 1.76. The molecule has 0 heterocycles. The van der Waals surface area contributed by atoms with Gasteiger partial charge in [0.05, 0.1) is 0 Å². The van der Waals surface area contributed by atoms with Gasteiger partial charge in [0.1, 0.15) is 18.8 Å². The second-order valence-corrected chi connectivity index (χ2v) is 5.74. The smallest absolute Gasteiger partial charge is 0.407 e. The van der Waals surface area contributed by atoms with Gasteiger partial charge in [-0.15, -0.1) is 0 Å². The fourth-order valence-corrected chi connectivity index (χ4v) is 2.34. The molecule has 0 saturated carbocycles. The Labute approximate surface area is 147 Å². The molecule has 6 heteroatoms. The number of nitrogens with one attached hydrogen (secondary N) is 1. The minimum absolute atomic E-state index is 0.112. The first-order chi connectivity index (χ1) is 12.1. The first-order valence-electron chi connectivity index (χ1n) is 8.19. The fraction of sp³-hybridized carbons (Fsp3) is 0.316. The number of amides is 1. The molecule has 25 heavy (non-hydrogen) atoms. The van der Waals surface area contributed by atoms with Gasteiger partial charge < -0.3 is 26.0 Å². The van der Waals surface area contributed by atoms with Crippen LogP contribution in [-0.2, 0) is 17.8 Å². The zero-order valence-electron chi connectivity index (χ0n) is 14.0. The number of carbonyl (C=O) groups excluding carboxylic acids is 1. The number of ether oxygens (including phenoxy) is 1. The van der Waals surface area contributed by atoms with Crippen LogP contribution >= 0.6 is 0 Å². The normalized spacial score (nSPS) is 13.1. The molecule has 0 aliphatic carbocycles. The molecule has 0 bridgehead atoms. The largest absolute Gasteiger partial charge is 0.445 e. The molecular formula is C19H24N2O4. The van der Waals surface area contributed by atoms with Crippen molar-refractivity contribution in [1.82, 2.24) is 5.32 Å². The number of aliphatic hydroxyl groups is 2. The Bertz CT molecular complexity index is 646. The maximum absolute atomic E-state index is 11.7. The van der Waals surface area contributed by atoms with Crippen molar-refractivity contribution in [3.63, 3.8) is 0 Å². The molecule has 1 amide bonds. The highest BCUT2D eigenvalue weighted by Crippen LogP contribution is 2.17. The van der Waals surface area contributed by atoms with Crippen molar-refractivity contribution >= 4 is 6.09 Å². The maximum atomic E-state index is 11.7. The molecule has 2 atom stereocenters. The van der Waals surface area contributed by atoms with Gasteiger partial charge in [-0.05, 0) is 29.7 Å². The lowest BCUT2D eigenvalue weighted by Crippen LogP contribution is -2.35. The molecule has 0 aliphatic rings. The zero-order chi connectivity index (χ0) is 18.1. The Morgan fingerprint density at radius 3 is 2.36 bits per heavy atom. The summed E-state index contributed by atoms with van der Waals surface area (Å²) in [6.45, 7) is 0.590. The zero-order valence-corrected chi connectivity index (χ0v) is 14.0. The maximum Gasteiger partial charge on any atom is 0.407 e. The highest BCUT2D eigenvalue weighted by molar-refractivity contribution is 5.67. The van der Waals surface area contributed by atoms with Crippen LogP contribution in [0.25, 0.3) is 0 Å². The molecular weight excluding hydrogens is 320 g/mol. The summed E-state index contributed by atoms with van der Waals surface area (Å²) in [5.41, 5.74) is 8.01. The predicted molar refractivity (Wildman–Crippen MR) is 94.8 cm³/mol. The van der Waals surface area contributed by atoms with Gasteiger partial charge in [0.2, 0.25) is 0 Å². The number of rotatable bonds is 8. The van der Waals surface area contributed by atoms with E-state index in [1.807, 2.05) is 42.5 Å². The summed E-state index contributed by atoms with van der Waals surface area (Å²) in [4.78, 5) is 11.7. The standard InChI is InChI=1S/C19H24N2O4/c20-11-10-14-6-8-16(9-7-14)18(23)17(22)12-21-19(24)25-13-15-4-2-1-3-5-15/h1-9,17-18,22-23H,10-13,20H2,(H,21,24). The van der Waals surface area contributed by atoms with Crippen LogP contribution in [-0.4, -0.2) is 35.5 Å². The average Bonchev–Trinajstić information content (AvgIpc) is 2.65. The van der Waals surface area contributed by atoms with Crippen molar-refractivity contribution in [3.8, 4) is 0 Å². The van der Waals surface area contributed by atoms with Crippen molar-refractivity contribution in [1.29, 1.82) is 0 Å². The van der Waals surface area contributed by atoms with E-state index < -0.39 is 18.3 Å². The van der Waals surface area contributed by atoms with E-state index >= 15 is 0 Å². The quantitative estimate of drug-likeness (QED) is 0.581. The van der Waals surface area contributed by atoms with Crippen LogP contribution in [0, 0.1) is 0 Å². The van der Waals surface area contributed by atoms with Gasteiger partial charge in [-0.25, -0.2) is 4.79 Å². The molecule has 2 rings (SSSR count). The summed E-state index contributed by atoms with van der Waals surface area (Å²) in [6.07, 6.45) is -2.12. The summed E-state index contributed by atoms with van der Waals surface area (Å²) in [5.74, 6) is 0. The van der Waals surface area contributed by atoms with Gasteiger partial charge in [-0.2, -0.15) is 0 Å². The lowest BCUT2D eigenvalue weighted by Gasteiger charge is -2.19. The third kappa shape index (κ3) is 6.19. The fourth-order valence-electron chi connectivity index (χ4n) is 2.34. The molecule has 0 spiro atoms. The number of aliphatic hydroxyl groups excluding tert-OH is 2. The number of benzene rings is 2. The third-order valence-electron chi connectivity index (χ3n) is 3.79. The van der Waals surface area contributed by atoms with Crippen LogP contribution in [0.3, 0.4) is 0 Å². The summed E-state index contributed by atoms with van der Waals surface area (Å²) in [5, 5.41) is 22.6. The van der Waals surface area contributed by atoms with E-state index in [2.05, 4.69) is 5.32 Å². The highest BCUT2D eigenvalue weighted by atomic mass is 16.5. The van der Waals surface area contributed by atoms with E-state index in [-0.39, 0.29) is 13.2 Å². The first-order valence-corrected chi connectivity index (χ1v) is 8.19. The van der Waals surface area contributed by atoms with Crippen molar-refractivity contribution < 1.29 is 19.7 Å². The molecule has 2 unspecified atom stereocenters. The van der Waals surface area contributed by atoms with Crippen LogP contribution in [0.2, 0.25) is 0 Å². The number of nitrogens with two attached hydrogens (primary N) is 1. The van der Waals surface area contributed by atoms with Gasteiger partial charge >= 0.3 is 6.09 Å². The summed E-state index contributed by atoms with van der Waals surface area (Å²) in [6, 6.07) is 16.5. The van der Waals surface area contributed by atoms with Crippen LogP contribution in [0.4, 0.5) is 4.79 Å². The lowest BCUT2D eigenvalue weighted by atomic mass is 10.0. The molecule has 2 aromatic carbocycles. The molecule has 6 nitrogen and oxygen atoms in total. The monoisotopic (exact) mass is 344 g/mol. The van der Waals surface area contributed by atoms with Gasteiger partial charge in [0, 0.05) is 6.54 Å². The molecule has 5 N–H and O–H groups in total. The van der Waals surface area contributed by atoms with E-state index in [4.69, 9.17) is 10.5 Å². The number of carbonyl (C=O) groups is 1. The summed E-state index contributed by atoms with van der Waals surface area (Å²) in [7, 11) is 0. The van der Waals surface area contributed by atoms with Crippen molar-refractivity contribution in [3.05, 3.63) is 71.3 Å². The second-order valence-electron chi connectivity index (χ2n) is 5.74. The average molecular weight is 344 g/mol. The van der Waals surface area contributed by atoms with Crippen LogP contribution in [0.5, 0.6) is 0 Å². The highest BCUT2D eigenvalue weighted by Gasteiger charge is 2.19. The van der Waals surface area contributed by atoms with Crippen molar-refractivity contribution in [2.24, 2.45) is 5.73 Å². The first kappa shape index (κ1) is 18.9. The number of hydrogen-bond acceptors (Lipinski definition) is 5. The summed E-state index contributed by atoms with van der Waals surface area (Å²) >= 11 is 0. The molecule has 0 aliphatic heterocycles. The molecule has 2 aromatic rings.